The topological polar surface area (TPSA) is 138 Å². The molecule has 0 saturated carbocycles. The Morgan fingerprint density at radius 1 is 1.36 bits per heavy atom. The summed E-state index contributed by atoms with van der Waals surface area (Å²) in [5.74, 6) is -1.16. The molecule has 0 aliphatic carbocycles. The van der Waals surface area contributed by atoms with Crippen LogP contribution in [0.1, 0.15) is 6.42 Å². The first-order valence-corrected chi connectivity index (χ1v) is 9.59. The Morgan fingerprint density at radius 2 is 2.07 bits per heavy atom. The standard InChI is InChI=1S/C15H16N6O4S3/c22-8-9(13(26)18-15-16-5-6-28-15)7-12(23)19-20-14(27)17-10-1-3-11(4-2-10)21(24)25/h1-6,8-9,13,26H,7H2,(H,16,18)(H,19,23)(H2,17,20,27). The van der Waals surface area contributed by atoms with Crippen LogP contribution in [0.15, 0.2) is 35.8 Å². The van der Waals surface area contributed by atoms with Gasteiger partial charge in [-0.2, -0.15) is 12.6 Å². The van der Waals surface area contributed by atoms with Crippen LogP contribution in [0.4, 0.5) is 16.5 Å². The molecule has 0 bridgehead atoms. The summed E-state index contributed by atoms with van der Waals surface area (Å²) in [5.41, 5.74) is 5.33. The van der Waals surface area contributed by atoms with Gasteiger partial charge in [0.25, 0.3) is 5.69 Å². The zero-order valence-electron chi connectivity index (χ0n) is 14.2. The average molecular weight is 441 g/mol. The third kappa shape index (κ3) is 6.75. The second kappa shape index (κ2) is 10.5. The summed E-state index contributed by atoms with van der Waals surface area (Å²) in [6, 6.07) is 5.60. The molecule has 1 heterocycles. The lowest BCUT2D eigenvalue weighted by molar-refractivity contribution is -0.384. The van der Waals surface area contributed by atoms with E-state index in [1.54, 1.807) is 11.6 Å². The number of nitro benzene ring substituents is 1. The largest absolute Gasteiger partial charge is 0.349 e. The fourth-order valence-corrected chi connectivity index (χ4v) is 3.10. The van der Waals surface area contributed by atoms with Gasteiger partial charge in [0.05, 0.1) is 16.2 Å². The number of hydrogen-bond donors (Lipinski definition) is 5. The quantitative estimate of drug-likeness (QED) is 0.104. The van der Waals surface area contributed by atoms with Crippen molar-refractivity contribution in [1.29, 1.82) is 0 Å². The number of non-ortho nitro benzene ring substituents is 1. The van der Waals surface area contributed by atoms with Gasteiger partial charge in [-0.05, 0) is 24.4 Å². The minimum Gasteiger partial charge on any atom is -0.349 e. The van der Waals surface area contributed by atoms with Crippen molar-refractivity contribution in [2.24, 2.45) is 5.92 Å². The van der Waals surface area contributed by atoms with Crippen LogP contribution in [-0.2, 0) is 9.59 Å². The summed E-state index contributed by atoms with van der Waals surface area (Å²) in [5, 5.41) is 18.2. The molecular formula is C15H16N6O4S3. The van der Waals surface area contributed by atoms with Gasteiger partial charge in [0.1, 0.15) is 6.29 Å². The number of hydrogen-bond acceptors (Lipinski definition) is 9. The van der Waals surface area contributed by atoms with Gasteiger partial charge in [-0.3, -0.25) is 25.8 Å². The van der Waals surface area contributed by atoms with E-state index in [-0.39, 0.29) is 17.2 Å². The predicted molar refractivity (Wildman–Crippen MR) is 113 cm³/mol. The Morgan fingerprint density at radius 3 is 2.64 bits per heavy atom. The Labute approximate surface area is 174 Å². The minimum absolute atomic E-state index is 0.0506. The Balaban J connectivity index is 1.77. The summed E-state index contributed by atoms with van der Waals surface area (Å²) in [6.45, 7) is 0. The number of hydrazine groups is 1. The van der Waals surface area contributed by atoms with Crippen LogP contribution in [0.3, 0.4) is 0 Å². The highest BCUT2D eigenvalue weighted by molar-refractivity contribution is 7.81. The zero-order valence-corrected chi connectivity index (χ0v) is 16.7. The summed E-state index contributed by atoms with van der Waals surface area (Å²) in [6.07, 6.45) is 2.13. The zero-order chi connectivity index (χ0) is 20.5. The number of nitrogens with zero attached hydrogens (tertiary/aromatic N) is 2. The van der Waals surface area contributed by atoms with Crippen molar-refractivity contribution in [2.45, 2.75) is 11.8 Å². The fourth-order valence-electron chi connectivity index (χ4n) is 1.98. The maximum Gasteiger partial charge on any atom is 0.269 e. The number of thiocarbonyl (C=S) groups is 1. The van der Waals surface area contributed by atoms with E-state index in [2.05, 4.69) is 39.1 Å². The van der Waals surface area contributed by atoms with Gasteiger partial charge in [0, 0.05) is 35.8 Å². The number of rotatable bonds is 8. The number of thiazole rings is 1. The maximum atomic E-state index is 12.0. The van der Waals surface area contributed by atoms with Crippen molar-refractivity contribution in [1.82, 2.24) is 15.8 Å². The van der Waals surface area contributed by atoms with E-state index >= 15 is 0 Å². The second-order valence-corrected chi connectivity index (χ2v) is 7.22. The number of benzene rings is 1. The van der Waals surface area contributed by atoms with Crippen LogP contribution >= 0.6 is 36.2 Å². The summed E-state index contributed by atoms with van der Waals surface area (Å²) < 4.78 is 0. The van der Waals surface area contributed by atoms with E-state index in [1.807, 2.05) is 0 Å². The van der Waals surface area contributed by atoms with Crippen LogP contribution in [0.5, 0.6) is 0 Å². The first-order chi connectivity index (χ1) is 13.4. The molecule has 0 radical (unpaired) electrons. The fraction of sp³-hybridized carbons (Fsp3) is 0.200. The Bertz CT molecular complexity index is 831. The number of amides is 1. The first-order valence-electron chi connectivity index (χ1n) is 7.78. The van der Waals surface area contributed by atoms with E-state index < -0.39 is 22.1 Å². The molecule has 1 aromatic heterocycles. The normalized spacial score (nSPS) is 12.3. The third-order valence-electron chi connectivity index (χ3n) is 3.36. The lowest BCUT2D eigenvalue weighted by Crippen LogP contribution is -2.45. The van der Waals surface area contributed by atoms with Crippen molar-refractivity contribution < 1.29 is 14.5 Å². The molecule has 2 rings (SSSR count). The highest BCUT2D eigenvalue weighted by Crippen LogP contribution is 2.19. The van der Waals surface area contributed by atoms with E-state index in [0.717, 1.165) is 0 Å². The van der Waals surface area contributed by atoms with Crippen LogP contribution < -0.4 is 21.5 Å². The highest BCUT2D eigenvalue weighted by atomic mass is 32.1. The summed E-state index contributed by atoms with van der Waals surface area (Å²) >= 11 is 10.7. The Hall–Kier alpha value is -2.77. The monoisotopic (exact) mass is 440 g/mol. The van der Waals surface area contributed by atoms with E-state index in [4.69, 9.17) is 12.2 Å². The molecule has 0 fully saturated rings. The van der Waals surface area contributed by atoms with Gasteiger partial charge in [-0.15, -0.1) is 11.3 Å². The smallest absolute Gasteiger partial charge is 0.269 e. The maximum absolute atomic E-state index is 12.0. The molecule has 13 heteroatoms. The molecule has 2 unspecified atom stereocenters. The molecule has 2 atom stereocenters. The number of nitrogens with one attached hydrogen (secondary N) is 4. The van der Waals surface area contributed by atoms with Crippen molar-refractivity contribution in [2.75, 3.05) is 10.6 Å². The first kappa shape index (κ1) is 21.5. The number of aromatic nitrogens is 1. The molecule has 0 spiro atoms. The summed E-state index contributed by atoms with van der Waals surface area (Å²) in [4.78, 5) is 37.4. The highest BCUT2D eigenvalue weighted by Gasteiger charge is 2.21. The molecule has 28 heavy (non-hydrogen) atoms. The molecule has 1 amide bonds. The number of thiol groups is 1. The molecule has 10 nitrogen and oxygen atoms in total. The number of anilines is 2. The molecule has 1 aromatic carbocycles. The lowest BCUT2D eigenvalue weighted by Gasteiger charge is -2.19. The number of nitro groups is 1. The second-order valence-electron chi connectivity index (χ2n) is 5.36. The van der Waals surface area contributed by atoms with Crippen LogP contribution in [0.2, 0.25) is 0 Å². The van der Waals surface area contributed by atoms with Gasteiger partial charge in [-0.1, -0.05) is 0 Å². The lowest BCUT2D eigenvalue weighted by atomic mass is 10.1. The van der Waals surface area contributed by atoms with Crippen LogP contribution in [0.25, 0.3) is 0 Å². The summed E-state index contributed by atoms with van der Waals surface area (Å²) in [7, 11) is 0. The number of carbonyl (C=O) groups excluding carboxylic acids is 2. The average Bonchev–Trinajstić information content (AvgIpc) is 3.17. The van der Waals surface area contributed by atoms with Crippen LogP contribution in [0, 0.1) is 16.0 Å². The van der Waals surface area contributed by atoms with E-state index in [9.17, 15) is 19.7 Å². The van der Waals surface area contributed by atoms with Gasteiger partial charge >= 0.3 is 0 Å². The molecule has 0 saturated heterocycles. The SMILES string of the molecule is O=CC(CC(=O)NNC(=S)Nc1ccc([N+](=O)[O-])cc1)C(S)Nc1nccs1. The van der Waals surface area contributed by atoms with Crippen molar-refractivity contribution in [3.05, 3.63) is 46.0 Å². The minimum atomic E-state index is -0.690. The molecular weight excluding hydrogens is 424 g/mol. The molecule has 148 valence electrons. The van der Waals surface area contributed by atoms with Crippen LogP contribution in [-0.4, -0.2) is 32.6 Å². The number of carbonyl (C=O) groups is 2. The number of aldehydes is 1. The predicted octanol–water partition coefficient (Wildman–Crippen LogP) is 1.94. The van der Waals surface area contributed by atoms with Crippen molar-refractivity contribution in [3.63, 3.8) is 0 Å². The Kier molecular flexibility index (Phi) is 8.10. The van der Waals surface area contributed by atoms with E-state index in [1.165, 1.54) is 35.6 Å². The van der Waals surface area contributed by atoms with Gasteiger partial charge in [0.2, 0.25) is 5.91 Å². The molecule has 4 N–H and O–H groups in total. The van der Waals surface area contributed by atoms with Gasteiger partial charge in [-0.25, -0.2) is 4.98 Å². The third-order valence-corrected chi connectivity index (χ3v) is 4.78. The molecule has 0 aliphatic heterocycles. The van der Waals surface area contributed by atoms with E-state index in [0.29, 0.717) is 17.1 Å². The van der Waals surface area contributed by atoms with Gasteiger partial charge in [0.15, 0.2) is 10.2 Å². The molecule has 0 aliphatic rings. The van der Waals surface area contributed by atoms with Crippen molar-refractivity contribution >= 4 is 70.0 Å². The van der Waals surface area contributed by atoms with Gasteiger partial charge < -0.3 is 15.4 Å². The molecule has 2 aromatic rings. The van der Waals surface area contributed by atoms with Crippen molar-refractivity contribution in [3.8, 4) is 0 Å².